The molecule has 2 rings (SSSR count). The molecule has 1 aliphatic heterocycles. The molecule has 0 radical (unpaired) electrons. The highest BCUT2D eigenvalue weighted by Gasteiger charge is 2.35. The van der Waals surface area contributed by atoms with E-state index in [9.17, 15) is 0 Å². The Bertz CT molecular complexity index is 171. The first kappa shape index (κ1) is 5.12. The van der Waals surface area contributed by atoms with Crippen molar-refractivity contribution in [3.63, 3.8) is 0 Å². The lowest BCUT2D eigenvalue weighted by molar-refractivity contribution is 1.21. The van der Waals surface area contributed by atoms with Gasteiger partial charge in [0.15, 0.2) is 0 Å². The van der Waals surface area contributed by atoms with Crippen LogP contribution < -0.4 is 0 Å². The Hall–Kier alpha value is 0.310. The van der Waals surface area contributed by atoms with Gasteiger partial charge >= 0.3 is 0 Å². The molecule has 1 aliphatic carbocycles. The Morgan fingerprint density at radius 3 is 3.00 bits per heavy atom. The van der Waals surface area contributed by atoms with Gasteiger partial charge in [-0.3, -0.25) is 0 Å². The maximum atomic E-state index is 3.42. The number of hydrogen-bond donors (Lipinski definition) is 0. The summed E-state index contributed by atoms with van der Waals surface area (Å²) in [6, 6.07) is 0. The third kappa shape index (κ3) is 0.759. The fraction of sp³-hybridized carbons (Fsp3) is 0.333. The normalized spacial score (nSPS) is 40.9. The Balaban J connectivity index is 2.28. The molecule has 0 aromatic heterocycles. The Morgan fingerprint density at radius 1 is 1.50 bits per heavy atom. The number of fused-ring (bicyclic) bond motifs is 1. The summed E-state index contributed by atoms with van der Waals surface area (Å²) in [5, 5.41) is 1.62. The summed E-state index contributed by atoms with van der Waals surface area (Å²) in [5.74, 6) is 0. The topological polar surface area (TPSA) is 0 Å². The van der Waals surface area contributed by atoms with E-state index < -0.39 is 0 Å². The lowest BCUT2D eigenvalue weighted by atomic mass is 10.2. The molecule has 2 aliphatic rings. The predicted molar refractivity (Wildman–Crippen MR) is 41.3 cm³/mol. The van der Waals surface area contributed by atoms with Gasteiger partial charge in [0.1, 0.15) is 0 Å². The number of rotatable bonds is 0. The summed E-state index contributed by atoms with van der Waals surface area (Å²) in [7, 11) is 0. The maximum Gasteiger partial charge on any atom is 0.0401 e. The Kier molecular flexibility index (Phi) is 1.05. The number of halogens is 1. The van der Waals surface area contributed by atoms with Gasteiger partial charge in [0, 0.05) is 15.0 Å². The van der Waals surface area contributed by atoms with Crippen LogP contribution in [0.3, 0.4) is 0 Å². The van der Waals surface area contributed by atoms with Crippen LogP contribution in [-0.2, 0) is 0 Å². The van der Waals surface area contributed by atoms with Gasteiger partial charge in [-0.2, -0.15) is 0 Å². The summed E-state index contributed by atoms with van der Waals surface area (Å²) in [4.78, 5) is 0. The van der Waals surface area contributed by atoms with Gasteiger partial charge in [-0.15, -0.1) is 11.8 Å². The second kappa shape index (κ2) is 1.64. The van der Waals surface area contributed by atoms with E-state index in [1.807, 2.05) is 11.8 Å². The average Bonchev–Trinajstić information content (AvgIpc) is 2.43. The van der Waals surface area contributed by atoms with Gasteiger partial charge in [0.25, 0.3) is 0 Å². The van der Waals surface area contributed by atoms with E-state index in [2.05, 4.69) is 34.2 Å². The highest BCUT2D eigenvalue weighted by molar-refractivity contribution is 9.11. The van der Waals surface area contributed by atoms with Gasteiger partial charge < -0.3 is 0 Å². The SMILES string of the molecule is BrC1=CC2SC2C=C1. The van der Waals surface area contributed by atoms with Crippen molar-refractivity contribution in [1.29, 1.82) is 0 Å². The first-order chi connectivity index (χ1) is 3.86. The molecule has 42 valence electrons. The first-order valence-corrected chi connectivity index (χ1v) is 4.31. The van der Waals surface area contributed by atoms with Crippen molar-refractivity contribution in [2.75, 3.05) is 0 Å². The zero-order valence-electron chi connectivity index (χ0n) is 4.17. The molecular weight excluding hydrogens is 184 g/mol. The van der Waals surface area contributed by atoms with Crippen LogP contribution in [0.1, 0.15) is 0 Å². The molecule has 1 saturated heterocycles. The Labute approximate surface area is 61.2 Å². The van der Waals surface area contributed by atoms with Gasteiger partial charge in [-0.05, 0) is 0 Å². The minimum Gasteiger partial charge on any atom is -0.144 e. The van der Waals surface area contributed by atoms with Gasteiger partial charge in [0.05, 0.1) is 0 Å². The van der Waals surface area contributed by atoms with Crippen LogP contribution in [0.15, 0.2) is 22.7 Å². The van der Waals surface area contributed by atoms with Crippen LogP contribution in [0.5, 0.6) is 0 Å². The van der Waals surface area contributed by atoms with Gasteiger partial charge in [-0.1, -0.05) is 34.2 Å². The van der Waals surface area contributed by atoms with Crippen LogP contribution in [0, 0.1) is 0 Å². The fourth-order valence-corrected chi connectivity index (χ4v) is 2.27. The number of thioether (sulfide) groups is 1. The molecule has 0 spiro atoms. The molecule has 1 fully saturated rings. The van der Waals surface area contributed by atoms with E-state index >= 15 is 0 Å². The number of allylic oxidation sites excluding steroid dienone is 2. The highest BCUT2D eigenvalue weighted by Crippen LogP contribution is 2.46. The van der Waals surface area contributed by atoms with Crippen molar-refractivity contribution in [2.24, 2.45) is 0 Å². The maximum absolute atomic E-state index is 3.42. The standard InChI is InChI=1S/C6H5BrS/c7-4-1-2-5-6(3-4)8-5/h1-3,5-6H. The van der Waals surface area contributed by atoms with E-state index in [1.165, 1.54) is 4.48 Å². The lowest BCUT2D eigenvalue weighted by Gasteiger charge is -1.92. The summed E-state index contributed by atoms with van der Waals surface area (Å²) >= 11 is 5.43. The lowest BCUT2D eigenvalue weighted by Crippen LogP contribution is -1.89. The van der Waals surface area contributed by atoms with Crippen molar-refractivity contribution in [3.05, 3.63) is 22.7 Å². The molecule has 0 aromatic rings. The van der Waals surface area contributed by atoms with Crippen LogP contribution in [-0.4, -0.2) is 10.5 Å². The smallest absolute Gasteiger partial charge is 0.0401 e. The molecule has 0 saturated carbocycles. The van der Waals surface area contributed by atoms with Crippen LogP contribution >= 0.6 is 27.7 Å². The minimum atomic E-state index is 0.800. The quantitative estimate of drug-likeness (QED) is 0.527. The van der Waals surface area contributed by atoms with Crippen molar-refractivity contribution < 1.29 is 0 Å². The van der Waals surface area contributed by atoms with Gasteiger partial charge in [0.2, 0.25) is 0 Å². The van der Waals surface area contributed by atoms with Crippen LogP contribution in [0.4, 0.5) is 0 Å². The summed E-state index contributed by atoms with van der Waals surface area (Å²) in [6.07, 6.45) is 6.63. The van der Waals surface area contributed by atoms with Crippen molar-refractivity contribution in [1.82, 2.24) is 0 Å². The zero-order chi connectivity index (χ0) is 5.56. The molecule has 8 heavy (non-hydrogen) atoms. The van der Waals surface area contributed by atoms with Crippen LogP contribution in [0.25, 0.3) is 0 Å². The van der Waals surface area contributed by atoms with E-state index in [-0.39, 0.29) is 0 Å². The molecule has 2 unspecified atom stereocenters. The largest absolute Gasteiger partial charge is 0.144 e. The molecule has 2 atom stereocenters. The molecule has 0 N–H and O–H groups in total. The summed E-state index contributed by atoms with van der Waals surface area (Å²) < 4.78 is 1.24. The second-order valence-electron chi connectivity index (χ2n) is 1.98. The summed E-state index contributed by atoms with van der Waals surface area (Å²) in [6.45, 7) is 0. The highest BCUT2D eigenvalue weighted by atomic mass is 79.9. The number of hydrogen-bond acceptors (Lipinski definition) is 1. The second-order valence-corrected chi connectivity index (χ2v) is 4.25. The van der Waals surface area contributed by atoms with E-state index in [4.69, 9.17) is 0 Å². The van der Waals surface area contributed by atoms with E-state index in [0.717, 1.165) is 10.5 Å². The molecule has 2 heteroatoms. The van der Waals surface area contributed by atoms with Crippen molar-refractivity contribution in [3.8, 4) is 0 Å². The molecular formula is C6H5BrS. The predicted octanol–water partition coefficient (Wildman–Crippen LogP) is 2.32. The average molecular weight is 189 g/mol. The molecule has 0 nitrogen and oxygen atoms in total. The minimum absolute atomic E-state index is 0.800. The van der Waals surface area contributed by atoms with Gasteiger partial charge in [-0.25, -0.2) is 0 Å². The molecule has 1 heterocycles. The third-order valence-electron chi connectivity index (χ3n) is 1.33. The Morgan fingerprint density at radius 2 is 2.38 bits per heavy atom. The van der Waals surface area contributed by atoms with E-state index in [1.54, 1.807) is 0 Å². The monoisotopic (exact) mass is 188 g/mol. The van der Waals surface area contributed by atoms with E-state index in [0.29, 0.717) is 0 Å². The first-order valence-electron chi connectivity index (χ1n) is 2.57. The van der Waals surface area contributed by atoms with Crippen molar-refractivity contribution >= 4 is 27.7 Å². The molecule has 0 aromatic carbocycles. The van der Waals surface area contributed by atoms with Crippen LogP contribution in [0.2, 0.25) is 0 Å². The third-order valence-corrected chi connectivity index (χ3v) is 3.05. The zero-order valence-corrected chi connectivity index (χ0v) is 6.58. The molecule has 0 bridgehead atoms. The fourth-order valence-electron chi connectivity index (χ4n) is 0.824. The summed E-state index contributed by atoms with van der Waals surface area (Å²) in [5.41, 5.74) is 0. The molecule has 0 amide bonds. The van der Waals surface area contributed by atoms with Crippen molar-refractivity contribution in [2.45, 2.75) is 10.5 Å².